The van der Waals surface area contributed by atoms with Crippen molar-refractivity contribution in [3.63, 3.8) is 0 Å². The second-order valence-corrected chi connectivity index (χ2v) is 7.55. The van der Waals surface area contributed by atoms with Crippen molar-refractivity contribution in [1.29, 1.82) is 0 Å². The molecule has 4 nitrogen and oxygen atoms in total. The van der Waals surface area contributed by atoms with Crippen molar-refractivity contribution in [2.24, 2.45) is 0 Å². The van der Waals surface area contributed by atoms with Gasteiger partial charge in [0.15, 0.2) is 0 Å². The third-order valence-corrected chi connectivity index (χ3v) is 5.24. The first kappa shape index (κ1) is 18.2. The van der Waals surface area contributed by atoms with E-state index in [1.54, 1.807) is 6.20 Å². The summed E-state index contributed by atoms with van der Waals surface area (Å²) in [6.45, 7) is 5.24. The highest BCUT2D eigenvalue weighted by Crippen LogP contribution is 2.33. The lowest BCUT2D eigenvalue weighted by Crippen LogP contribution is -2.25. The number of rotatable bonds is 4. The topological polar surface area (TPSA) is 45.2 Å². The lowest BCUT2D eigenvalue weighted by molar-refractivity contribution is 0.102. The first-order valence-electron chi connectivity index (χ1n) is 9.83. The normalized spacial score (nSPS) is 13.3. The van der Waals surface area contributed by atoms with E-state index in [1.807, 2.05) is 24.4 Å². The van der Waals surface area contributed by atoms with Crippen LogP contribution in [-0.2, 0) is 6.42 Å². The van der Waals surface area contributed by atoms with Crippen LogP contribution in [0, 0.1) is 0 Å². The Balaban J connectivity index is 1.55. The number of carbonyl (C=O) groups excluding carboxylic acids is 1. The Morgan fingerprint density at radius 3 is 2.64 bits per heavy atom. The molecule has 0 bridgehead atoms. The van der Waals surface area contributed by atoms with E-state index in [9.17, 15) is 4.79 Å². The van der Waals surface area contributed by atoms with Gasteiger partial charge >= 0.3 is 0 Å². The van der Waals surface area contributed by atoms with Gasteiger partial charge in [0.2, 0.25) is 0 Å². The highest BCUT2D eigenvalue weighted by molar-refractivity contribution is 6.04. The summed E-state index contributed by atoms with van der Waals surface area (Å²) in [4.78, 5) is 19.3. The molecule has 0 unspecified atom stereocenters. The largest absolute Gasteiger partial charge is 0.340 e. The molecule has 0 aliphatic carbocycles. The van der Waals surface area contributed by atoms with Gasteiger partial charge in [0.05, 0.1) is 17.4 Å². The zero-order valence-electron chi connectivity index (χ0n) is 16.4. The SMILES string of the molecule is CC(C)c1ccc(NC(=O)c2cncc(N3CCCc4ccccc43)c2)cc1. The molecular weight excluding hydrogens is 346 g/mol. The van der Waals surface area contributed by atoms with Gasteiger partial charge in [-0.1, -0.05) is 44.2 Å². The van der Waals surface area contributed by atoms with Gasteiger partial charge in [0, 0.05) is 24.1 Å². The van der Waals surface area contributed by atoms with E-state index in [2.05, 4.69) is 65.4 Å². The molecule has 0 saturated heterocycles. The van der Waals surface area contributed by atoms with Crippen molar-refractivity contribution in [1.82, 2.24) is 4.98 Å². The van der Waals surface area contributed by atoms with Gasteiger partial charge < -0.3 is 10.2 Å². The number of nitrogens with one attached hydrogen (secondary N) is 1. The summed E-state index contributed by atoms with van der Waals surface area (Å²) < 4.78 is 0. The Labute approximate surface area is 166 Å². The summed E-state index contributed by atoms with van der Waals surface area (Å²) in [5.41, 5.74) is 6.11. The molecule has 0 radical (unpaired) electrons. The Hall–Kier alpha value is -3.14. The fraction of sp³-hybridized carbons (Fsp3) is 0.250. The summed E-state index contributed by atoms with van der Waals surface area (Å²) in [7, 11) is 0. The molecular formula is C24H25N3O. The van der Waals surface area contributed by atoms with Crippen LogP contribution in [0.25, 0.3) is 0 Å². The average molecular weight is 371 g/mol. The van der Waals surface area contributed by atoms with Crippen LogP contribution in [0.1, 0.15) is 47.7 Å². The molecule has 0 saturated carbocycles. The molecule has 4 rings (SSSR count). The molecule has 2 aromatic carbocycles. The molecule has 0 fully saturated rings. The van der Waals surface area contributed by atoms with Crippen molar-refractivity contribution in [2.45, 2.75) is 32.6 Å². The lowest BCUT2D eigenvalue weighted by atomic mass is 10.0. The number of nitrogens with zero attached hydrogens (tertiary/aromatic N) is 2. The molecule has 0 spiro atoms. The minimum atomic E-state index is -0.142. The van der Waals surface area contributed by atoms with Crippen LogP contribution < -0.4 is 10.2 Å². The number of para-hydroxylation sites is 1. The number of aromatic nitrogens is 1. The summed E-state index contributed by atoms with van der Waals surface area (Å²) in [5, 5.41) is 2.98. The van der Waals surface area contributed by atoms with E-state index in [4.69, 9.17) is 0 Å². The van der Waals surface area contributed by atoms with Gasteiger partial charge in [-0.3, -0.25) is 9.78 Å². The standard InChI is InChI=1S/C24H25N3O/c1-17(2)18-9-11-21(12-10-18)26-24(28)20-14-22(16-25-15-20)27-13-5-7-19-6-3-4-8-23(19)27/h3-4,6,8-12,14-17H,5,7,13H2,1-2H3,(H,26,28). The fourth-order valence-electron chi connectivity index (χ4n) is 3.66. The van der Waals surface area contributed by atoms with Crippen LogP contribution in [0.5, 0.6) is 0 Å². The second-order valence-electron chi connectivity index (χ2n) is 7.55. The Bertz CT molecular complexity index is 979. The van der Waals surface area contributed by atoms with Crippen molar-refractivity contribution >= 4 is 23.0 Å². The summed E-state index contributed by atoms with van der Waals surface area (Å²) >= 11 is 0. The molecule has 142 valence electrons. The monoisotopic (exact) mass is 371 g/mol. The Kier molecular flexibility index (Phi) is 5.11. The highest BCUT2D eigenvalue weighted by atomic mass is 16.1. The number of carbonyl (C=O) groups is 1. The van der Waals surface area contributed by atoms with Crippen molar-refractivity contribution in [2.75, 3.05) is 16.8 Å². The second kappa shape index (κ2) is 7.85. The van der Waals surface area contributed by atoms with Crippen molar-refractivity contribution < 1.29 is 4.79 Å². The number of anilines is 3. The first-order valence-corrected chi connectivity index (χ1v) is 9.83. The maximum Gasteiger partial charge on any atom is 0.257 e. The number of hydrogen-bond donors (Lipinski definition) is 1. The molecule has 2 heterocycles. The Morgan fingerprint density at radius 1 is 1.07 bits per heavy atom. The predicted molar refractivity (Wildman–Crippen MR) is 114 cm³/mol. The molecule has 1 amide bonds. The van der Waals surface area contributed by atoms with Crippen LogP contribution in [0.2, 0.25) is 0 Å². The molecule has 1 aromatic heterocycles. The smallest absolute Gasteiger partial charge is 0.257 e. The predicted octanol–water partition coefficient (Wildman–Crippen LogP) is 5.54. The molecule has 28 heavy (non-hydrogen) atoms. The number of amides is 1. The van der Waals surface area contributed by atoms with E-state index in [1.165, 1.54) is 16.8 Å². The van der Waals surface area contributed by atoms with Crippen LogP contribution in [0.3, 0.4) is 0 Å². The first-order chi connectivity index (χ1) is 13.6. The van der Waals surface area contributed by atoms with Crippen molar-refractivity contribution in [3.05, 3.63) is 83.7 Å². The van der Waals surface area contributed by atoms with Gasteiger partial charge in [-0.2, -0.15) is 0 Å². The van der Waals surface area contributed by atoms with E-state index >= 15 is 0 Å². The van der Waals surface area contributed by atoms with E-state index in [0.717, 1.165) is 30.8 Å². The zero-order valence-corrected chi connectivity index (χ0v) is 16.4. The third kappa shape index (κ3) is 3.77. The van der Waals surface area contributed by atoms with Crippen molar-refractivity contribution in [3.8, 4) is 0 Å². The quantitative estimate of drug-likeness (QED) is 0.655. The molecule has 1 aliphatic heterocycles. The summed E-state index contributed by atoms with van der Waals surface area (Å²) in [5.74, 6) is 0.329. The molecule has 0 atom stereocenters. The minimum Gasteiger partial charge on any atom is -0.340 e. The number of aryl methyl sites for hydroxylation is 1. The molecule has 1 N–H and O–H groups in total. The highest BCUT2D eigenvalue weighted by Gasteiger charge is 2.19. The average Bonchev–Trinajstić information content (AvgIpc) is 2.74. The maximum absolute atomic E-state index is 12.7. The lowest BCUT2D eigenvalue weighted by Gasteiger charge is -2.31. The van der Waals surface area contributed by atoms with E-state index in [0.29, 0.717) is 11.5 Å². The van der Waals surface area contributed by atoms with Gasteiger partial charge in [-0.15, -0.1) is 0 Å². The molecule has 1 aliphatic rings. The third-order valence-electron chi connectivity index (χ3n) is 5.24. The van der Waals surface area contributed by atoms with Crippen LogP contribution >= 0.6 is 0 Å². The van der Waals surface area contributed by atoms with E-state index in [-0.39, 0.29) is 5.91 Å². The number of hydrogen-bond acceptors (Lipinski definition) is 3. The summed E-state index contributed by atoms with van der Waals surface area (Å²) in [6.07, 6.45) is 5.63. The van der Waals surface area contributed by atoms with Crippen LogP contribution in [-0.4, -0.2) is 17.4 Å². The molecule has 4 heteroatoms. The Morgan fingerprint density at radius 2 is 1.86 bits per heavy atom. The van der Waals surface area contributed by atoms with Gasteiger partial charge in [-0.25, -0.2) is 0 Å². The van der Waals surface area contributed by atoms with Gasteiger partial charge in [-0.05, 0) is 54.2 Å². The maximum atomic E-state index is 12.7. The number of fused-ring (bicyclic) bond motifs is 1. The zero-order chi connectivity index (χ0) is 19.5. The fourth-order valence-corrected chi connectivity index (χ4v) is 3.66. The summed E-state index contributed by atoms with van der Waals surface area (Å²) in [6, 6.07) is 18.4. The minimum absolute atomic E-state index is 0.142. The number of pyridine rings is 1. The number of benzene rings is 2. The van der Waals surface area contributed by atoms with Crippen LogP contribution in [0.4, 0.5) is 17.1 Å². The van der Waals surface area contributed by atoms with Crippen LogP contribution in [0.15, 0.2) is 67.0 Å². The van der Waals surface area contributed by atoms with Gasteiger partial charge in [0.1, 0.15) is 0 Å². The van der Waals surface area contributed by atoms with Gasteiger partial charge in [0.25, 0.3) is 5.91 Å². The van der Waals surface area contributed by atoms with E-state index < -0.39 is 0 Å². The molecule has 3 aromatic rings.